The minimum atomic E-state index is -3.56. The van der Waals surface area contributed by atoms with E-state index in [0.29, 0.717) is 32.1 Å². The van der Waals surface area contributed by atoms with Gasteiger partial charge in [0, 0.05) is 25.8 Å². The van der Waals surface area contributed by atoms with Crippen LogP contribution in [0.25, 0.3) is 0 Å². The van der Waals surface area contributed by atoms with E-state index in [1.165, 1.54) is 16.6 Å². The number of rotatable bonds is 8. The third-order valence-electron chi connectivity index (χ3n) is 4.69. The molecule has 2 heterocycles. The lowest BCUT2D eigenvalue weighted by molar-refractivity contribution is 0.0730. The first-order valence-corrected chi connectivity index (χ1v) is 11.0. The number of hydrogen-bond donors (Lipinski definition) is 2. The van der Waals surface area contributed by atoms with Gasteiger partial charge in [-0.15, -0.1) is 0 Å². The number of morpholine rings is 1. The molecule has 2 N–H and O–H groups in total. The molecule has 9 heteroatoms. The van der Waals surface area contributed by atoms with Gasteiger partial charge in [0.25, 0.3) is 0 Å². The lowest BCUT2D eigenvalue weighted by Gasteiger charge is -2.25. The maximum atomic E-state index is 12.6. The van der Waals surface area contributed by atoms with Crippen LogP contribution in [0, 0.1) is 13.8 Å². The number of ether oxygens (including phenoxy) is 2. The largest absolute Gasteiger partial charge is 0.490 e. The van der Waals surface area contributed by atoms with E-state index in [9.17, 15) is 13.5 Å². The van der Waals surface area contributed by atoms with Crippen molar-refractivity contribution in [3.63, 3.8) is 0 Å². The number of sulfonamides is 1. The average Bonchev–Trinajstić information content (AvgIpc) is 2.73. The lowest BCUT2D eigenvalue weighted by Crippen LogP contribution is -2.40. The van der Waals surface area contributed by atoms with Crippen LogP contribution < -0.4 is 10.1 Å². The van der Waals surface area contributed by atoms with Crippen molar-refractivity contribution in [3.8, 4) is 5.75 Å². The van der Waals surface area contributed by atoms with Crippen LogP contribution in [0.4, 0.5) is 5.82 Å². The summed E-state index contributed by atoms with van der Waals surface area (Å²) in [5, 5.41) is 13.2. The van der Waals surface area contributed by atoms with E-state index in [-0.39, 0.29) is 18.0 Å². The van der Waals surface area contributed by atoms with Crippen molar-refractivity contribution in [2.24, 2.45) is 0 Å². The van der Waals surface area contributed by atoms with Gasteiger partial charge in [0.2, 0.25) is 10.0 Å². The Balaban J connectivity index is 1.52. The summed E-state index contributed by atoms with van der Waals surface area (Å²) in [6, 6.07) is 8.99. The molecule has 0 bridgehead atoms. The molecule has 3 rings (SSSR count). The van der Waals surface area contributed by atoms with Crippen LogP contribution in [0.1, 0.15) is 11.1 Å². The molecule has 158 valence electrons. The van der Waals surface area contributed by atoms with Gasteiger partial charge in [-0.3, -0.25) is 0 Å². The maximum Gasteiger partial charge on any atom is 0.244 e. The predicted molar refractivity (Wildman–Crippen MR) is 110 cm³/mol. The fourth-order valence-electron chi connectivity index (χ4n) is 3.06. The van der Waals surface area contributed by atoms with E-state index >= 15 is 0 Å². The molecule has 0 spiro atoms. The first-order chi connectivity index (χ1) is 13.9. The predicted octanol–water partition coefficient (Wildman–Crippen LogP) is 1.57. The zero-order valence-corrected chi connectivity index (χ0v) is 17.5. The first-order valence-electron chi connectivity index (χ1n) is 9.53. The van der Waals surface area contributed by atoms with Crippen LogP contribution in [0.2, 0.25) is 0 Å². The third-order valence-corrected chi connectivity index (χ3v) is 6.57. The Morgan fingerprint density at radius 2 is 1.90 bits per heavy atom. The van der Waals surface area contributed by atoms with E-state index in [2.05, 4.69) is 10.3 Å². The van der Waals surface area contributed by atoms with Gasteiger partial charge in [0.1, 0.15) is 29.2 Å². The number of aromatic nitrogens is 1. The van der Waals surface area contributed by atoms with Crippen LogP contribution in [-0.4, -0.2) is 68.4 Å². The van der Waals surface area contributed by atoms with Gasteiger partial charge in [0.15, 0.2) is 0 Å². The molecule has 1 fully saturated rings. The molecule has 1 aliphatic rings. The van der Waals surface area contributed by atoms with Gasteiger partial charge in [-0.05, 0) is 37.1 Å². The van der Waals surface area contributed by atoms with Crippen molar-refractivity contribution in [1.82, 2.24) is 9.29 Å². The van der Waals surface area contributed by atoms with E-state index in [0.717, 1.165) is 16.9 Å². The highest BCUT2D eigenvalue weighted by molar-refractivity contribution is 7.89. The van der Waals surface area contributed by atoms with Crippen LogP contribution in [0.15, 0.2) is 41.4 Å². The normalized spacial score (nSPS) is 16.4. The Morgan fingerprint density at radius 3 is 2.52 bits per heavy atom. The number of aryl methyl sites for hydroxylation is 2. The van der Waals surface area contributed by atoms with Crippen molar-refractivity contribution in [1.29, 1.82) is 0 Å². The molecule has 29 heavy (non-hydrogen) atoms. The summed E-state index contributed by atoms with van der Waals surface area (Å²) in [6.07, 6.45) is 0.583. The SMILES string of the molecule is Cc1cccc(C)c1OCC(O)CNc1ccc(S(=O)(=O)N2CCOCC2)cn1. The summed E-state index contributed by atoms with van der Waals surface area (Å²) in [4.78, 5) is 4.30. The number of aliphatic hydroxyl groups excluding tert-OH is 1. The Labute approximate surface area is 171 Å². The van der Waals surface area contributed by atoms with Gasteiger partial charge in [-0.25, -0.2) is 13.4 Å². The van der Waals surface area contributed by atoms with Crippen molar-refractivity contribution < 1.29 is 23.0 Å². The molecule has 0 saturated carbocycles. The van der Waals surface area contributed by atoms with E-state index in [1.54, 1.807) is 6.07 Å². The highest BCUT2D eigenvalue weighted by atomic mass is 32.2. The molecule has 0 radical (unpaired) electrons. The average molecular weight is 422 g/mol. The molecule has 1 unspecified atom stereocenters. The molecule has 8 nitrogen and oxygen atoms in total. The summed E-state index contributed by atoms with van der Waals surface area (Å²) >= 11 is 0. The van der Waals surface area contributed by atoms with E-state index in [1.807, 2.05) is 32.0 Å². The zero-order chi connectivity index (χ0) is 20.9. The molecule has 1 atom stereocenters. The van der Waals surface area contributed by atoms with Crippen molar-refractivity contribution in [2.75, 3.05) is 44.8 Å². The van der Waals surface area contributed by atoms with Crippen molar-refractivity contribution in [2.45, 2.75) is 24.8 Å². The second-order valence-corrected chi connectivity index (χ2v) is 8.90. The summed E-state index contributed by atoms with van der Waals surface area (Å²) in [6.45, 7) is 5.77. The fourth-order valence-corrected chi connectivity index (χ4v) is 4.42. The van der Waals surface area contributed by atoms with Crippen LogP contribution >= 0.6 is 0 Å². The van der Waals surface area contributed by atoms with Crippen molar-refractivity contribution >= 4 is 15.8 Å². The Kier molecular flexibility index (Phi) is 7.07. The Bertz CT molecular complexity index is 892. The summed E-state index contributed by atoms with van der Waals surface area (Å²) < 4.78 is 37.5. The van der Waals surface area contributed by atoms with Crippen LogP contribution in [0.5, 0.6) is 5.75 Å². The molecular formula is C20H27N3O5S. The standard InChI is InChI=1S/C20H27N3O5S/c1-15-4-3-5-16(2)20(15)28-14-17(24)12-21-19-7-6-18(13-22-19)29(25,26)23-8-10-27-11-9-23/h3-7,13,17,24H,8-12,14H2,1-2H3,(H,21,22). The Morgan fingerprint density at radius 1 is 1.21 bits per heavy atom. The second kappa shape index (κ2) is 9.53. The van der Waals surface area contributed by atoms with E-state index in [4.69, 9.17) is 9.47 Å². The number of hydrogen-bond acceptors (Lipinski definition) is 7. The number of benzene rings is 1. The third kappa shape index (κ3) is 5.45. The van der Waals surface area contributed by atoms with Gasteiger partial charge in [-0.1, -0.05) is 18.2 Å². The minimum Gasteiger partial charge on any atom is -0.490 e. The molecule has 1 saturated heterocycles. The summed E-state index contributed by atoms with van der Waals surface area (Å²) in [7, 11) is -3.56. The van der Waals surface area contributed by atoms with E-state index < -0.39 is 16.1 Å². The number of nitrogens with one attached hydrogen (secondary N) is 1. The molecule has 0 amide bonds. The lowest BCUT2D eigenvalue weighted by atomic mass is 10.1. The van der Waals surface area contributed by atoms with Gasteiger partial charge < -0.3 is 19.9 Å². The van der Waals surface area contributed by atoms with Gasteiger partial charge in [-0.2, -0.15) is 4.31 Å². The highest BCUT2D eigenvalue weighted by Gasteiger charge is 2.26. The van der Waals surface area contributed by atoms with Crippen LogP contribution in [-0.2, 0) is 14.8 Å². The number of anilines is 1. The fraction of sp³-hybridized carbons (Fsp3) is 0.450. The Hall–Kier alpha value is -2.20. The number of para-hydroxylation sites is 1. The highest BCUT2D eigenvalue weighted by Crippen LogP contribution is 2.22. The number of nitrogens with zero attached hydrogens (tertiary/aromatic N) is 2. The summed E-state index contributed by atoms with van der Waals surface area (Å²) in [5.74, 6) is 1.26. The molecular weight excluding hydrogens is 394 g/mol. The number of pyridine rings is 1. The van der Waals surface area contributed by atoms with Crippen molar-refractivity contribution in [3.05, 3.63) is 47.7 Å². The smallest absolute Gasteiger partial charge is 0.244 e. The second-order valence-electron chi connectivity index (χ2n) is 6.96. The van der Waals surface area contributed by atoms with Gasteiger partial charge in [0.05, 0.1) is 13.2 Å². The maximum absolute atomic E-state index is 12.6. The quantitative estimate of drug-likeness (QED) is 0.667. The zero-order valence-electron chi connectivity index (χ0n) is 16.7. The molecule has 1 aromatic carbocycles. The minimum absolute atomic E-state index is 0.141. The first kappa shape index (κ1) is 21.5. The number of aliphatic hydroxyl groups is 1. The molecule has 2 aromatic rings. The molecule has 0 aliphatic carbocycles. The van der Waals surface area contributed by atoms with Gasteiger partial charge >= 0.3 is 0 Å². The topological polar surface area (TPSA) is 101 Å². The molecule has 1 aromatic heterocycles. The van der Waals surface area contributed by atoms with Crippen LogP contribution in [0.3, 0.4) is 0 Å². The summed E-state index contributed by atoms with van der Waals surface area (Å²) in [5.41, 5.74) is 2.03. The monoisotopic (exact) mass is 421 g/mol. The molecule has 1 aliphatic heterocycles.